The van der Waals surface area contributed by atoms with Gasteiger partial charge in [0.15, 0.2) is 6.10 Å². The van der Waals surface area contributed by atoms with Gasteiger partial charge >= 0.3 is 0 Å². The van der Waals surface area contributed by atoms with Gasteiger partial charge < -0.3 is 20.3 Å². The fourth-order valence-corrected chi connectivity index (χ4v) is 3.66. The van der Waals surface area contributed by atoms with E-state index in [0.29, 0.717) is 16.7 Å². The summed E-state index contributed by atoms with van der Waals surface area (Å²) in [5, 5.41) is 6.50. The Hall–Kier alpha value is -3.37. The molecule has 2 amide bonds. The second-order valence-corrected chi connectivity index (χ2v) is 7.81. The molecule has 3 aromatic rings. The Bertz CT molecular complexity index is 1230. The van der Waals surface area contributed by atoms with Crippen LogP contribution in [0.2, 0.25) is 5.02 Å². The molecule has 0 aliphatic carbocycles. The van der Waals surface area contributed by atoms with E-state index in [1.165, 1.54) is 18.2 Å². The zero-order valence-electron chi connectivity index (χ0n) is 17.3. The van der Waals surface area contributed by atoms with E-state index in [9.17, 15) is 18.4 Å². The molecular weight excluding hydrogens is 458 g/mol. The highest BCUT2D eigenvalue weighted by molar-refractivity contribution is 6.31. The maximum atomic E-state index is 14.8. The fourth-order valence-electron chi connectivity index (χ4n) is 3.46. The third kappa shape index (κ3) is 4.71. The van der Waals surface area contributed by atoms with Crippen LogP contribution in [0.15, 0.2) is 34.9 Å². The van der Waals surface area contributed by atoms with Crippen molar-refractivity contribution >= 4 is 23.4 Å². The smallest absolute Gasteiger partial charge is 0.247 e. The van der Waals surface area contributed by atoms with Gasteiger partial charge in [-0.1, -0.05) is 28.9 Å². The molecule has 1 fully saturated rings. The lowest BCUT2D eigenvalue weighted by molar-refractivity contribution is -0.144. The van der Waals surface area contributed by atoms with Crippen molar-refractivity contribution in [1.29, 1.82) is 0 Å². The minimum absolute atomic E-state index is 0.0237. The first-order valence-electron chi connectivity index (χ1n) is 9.88. The Labute approximate surface area is 192 Å². The van der Waals surface area contributed by atoms with E-state index in [2.05, 4.69) is 15.5 Å². The monoisotopic (exact) mass is 475 g/mol. The molecule has 0 spiro atoms. The first-order valence-corrected chi connectivity index (χ1v) is 10.3. The maximum Gasteiger partial charge on any atom is 0.247 e. The Morgan fingerprint density at radius 1 is 1.24 bits per heavy atom. The van der Waals surface area contributed by atoms with Gasteiger partial charge in [-0.2, -0.15) is 4.98 Å². The molecule has 2 aromatic carbocycles. The van der Waals surface area contributed by atoms with Crippen LogP contribution in [-0.4, -0.2) is 41.2 Å². The van der Waals surface area contributed by atoms with Crippen LogP contribution in [0.25, 0.3) is 22.5 Å². The van der Waals surface area contributed by atoms with Gasteiger partial charge in [-0.3, -0.25) is 9.59 Å². The van der Waals surface area contributed by atoms with E-state index in [0.717, 1.165) is 6.07 Å². The minimum Gasteiger partial charge on any atom is -0.367 e. The molecule has 0 saturated carbocycles. The molecule has 1 aliphatic heterocycles. The van der Waals surface area contributed by atoms with Crippen LogP contribution in [0.1, 0.15) is 11.5 Å². The van der Waals surface area contributed by atoms with E-state index in [4.69, 9.17) is 26.6 Å². The summed E-state index contributed by atoms with van der Waals surface area (Å²) in [5.41, 5.74) is 6.18. The van der Waals surface area contributed by atoms with E-state index >= 15 is 0 Å². The Balaban J connectivity index is 1.50. The lowest BCUT2D eigenvalue weighted by Crippen LogP contribution is -2.53. The average Bonchev–Trinajstić information content (AvgIpc) is 3.13. The molecule has 4 rings (SSSR count). The summed E-state index contributed by atoms with van der Waals surface area (Å²) in [6.07, 6.45) is -0.829. The van der Waals surface area contributed by atoms with Gasteiger partial charge in [0.2, 0.25) is 23.5 Å². The summed E-state index contributed by atoms with van der Waals surface area (Å²) in [6.45, 7) is 1.73. The van der Waals surface area contributed by atoms with Gasteiger partial charge in [0.25, 0.3) is 0 Å². The van der Waals surface area contributed by atoms with E-state index < -0.39 is 29.6 Å². The second kappa shape index (κ2) is 9.24. The van der Waals surface area contributed by atoms with Crippen molar-refractivity contribution in [2.45, 2.75) is 19.4 Å². The standard InChI is InChI=1S/C22H18ClF2N4O4/c1-10-28-21(29-33-10)18-14(7-13(23)8-17(18)25)12-3-2-11(16(24)6-12)4-5-27-22(31)15-9-32-19(15)20(26)30/h2-3,6-8,19H,4-5,9H2,1H3,(H2,26,30)(H,27,31)/t19-/m1/s1. The summed E-state index contributed by atoms with van der Waals surface area (Å²) >= 11 is 6.03. The Morgan fingerprint density at radius 3 is 2.64 bits per heavy atom. The normalized spacial score (nSPS) is 15.8. The van der Waals surface area contributed by atoms with Crippen molar-refractivity contribution in [2.75, 3.05) is 13.2 Å². The van der Waals surface area contributed by atoms with Crippen LogP contribution in [0, 0.1) is 24.5 Å². The van der Waals surface area contributed by atoms with Crippen LogP contribution in [-0.2, 0) is 20.7 Å². The van der Waals surface area contributed by atoms with Gasteiger partial charge in [-0.15, -0.1) is 0 Å². The molecular formula is C22H18ClF2N4O4. The number of ether oxygens (including phenoxy) is 1. The fraction of sp³-hybridized carbons (Fsp3) is 0.227. The SMILES string of the molecule is Cc1nc(-c2c(F)cc(Cl)cc2-c2ccc(CCNC(=O)[C]3CO[C@H]3C(N)=O)c(F)c2)no1. The number of nitrogens with zero attached hydrogens (tertiary/aromatic N) is 2. The number of carbonyl (C=O) groups excluding carboxylic acids is 2. The van der Waals surface area contributed by atoms with Crippen molar-refractivity contribution < 1.29 is 27.6 Å². The third-order valence-corrected chi connectivity index (χ3v) is 5.34. The van der Waals surface area contributed by atoms with Crippen LogP contribution in [0.4, 0.5) is 8.78 Å². The average molecular weight is 476 g/mol. The van der Waals surface area contributed by atoms with Crippen LogP contribution >= 0.6 is 11.6 Å². The van der Waals surface area contributed by atoms with Crippen molar-refractivity contribution in [1.82, 2.24) is 15.5 Å². The summed E-state index contributed by atoms with van der Waals surface area (Å²) in [5.74, 6) is -1.90. The molecule has 1 atom stereocenters. The quantitative estimate of drug-likeness (QED) is 0.542. The molecule has 1 radical (unpaired) electrons. The molecule has 1 aromatic heterocycles. The molecule has 1 aliphatic rings. The van der Waals surface area contributed by atoms with Crippen molar-refractivity contribution in [3.63, 3.8) is 0 Å². The zero-order valence-corrected chi connectivity index (χ0v) is 18.1. The highest BCUT2D eigenvalue weighted by atomic mass is 35.5. The number of primary amides is 1. The number of hydrogen-bond acceptors (Lipinski definition) is 6. The highest BCUT2D eigenvalue weighted by Crippen LogP contribution is 2.36. The molecule has 11 heteroatoms. The topological polar surface area (TPSA) is 120 Å². The predicted octanol–water partition coefficient (Wildman–Crippen LogP) is 2.76. The number of rotatable bonds is 7. The van der Waals surface area contributed by atoms with Gasteiger partial charge in [0.05, 0.1) is 12.2 Å². The van der Waals surface area contributed by atoms with E-state index in [1.54, 1.807) is 13.0 Å². The predicted molar refractivity (Wildman–Crippen MR) is 114 cm³/mol. The largest absolute Gasteiger partial charge is 0.367 e. The number of carbonyl (C=O) groups is 2. The van der Waals surface area contributed by atoms with Crippen molar-refractivity contribution in [3.05, 3.63) is 64.4 Å². The van der Waals surface area contributed by atoms with E-state index in [1.807, 2.05) is 0 Å². The molecule has 171 valence electrons. The molecule has 33 heavy (non-hydrogen) atoms. The number of hydrogen-bond donors (Lipinski definition) is 2. The lowest BCUT2D eigenvalue weighted by atomic mass is 9.96. The molecule has 8 nitrogen and oxygen atoms in total. The molecule has 0 bridgehead atoms. The lowest BCUT2D eigenvalue weighted by Gasteiger charge is -2.32. The minimum atomic E-state index is -1.02. The second-order valence-electron chi connectivity index (χ2n) is 7.38. The number of nitrogens with one attached hydrogen (secondary N) is 1. The van der Waals surface area contributed by atoms with Gasteiger partial charge in [-0.05, 0) is 41.3 Å². The van der Waals surface area contributed by atoms with Gasteiger partial charge in [0, 0.05) is 18.5 Å². The first kappa shape index (κ1) is 22.8. The number of halogens is 3. The van der Waals surface area contributed by atoms with Gasteiger partial charge in [-0.25, -0.2) is 8.78 Å². The number of aromatic nitrogens is 2. The maximum absolute atomic E-state index is 14.8. The summed E-state index contributed by atoms with van der Waals surface area (Å²) in [7, 11) is 0. The Kier molecular flexibility index (Phi) is 6.39. The molecule has 2 heterocycles. The van der Waals surface area contributed by atoms with Gasteiger partial charge in [0.1, 0.15) is 17.6 Å². The highest BCUT2D eigenvalue weighted by Gasteiger charge is 2.42. The summed E-state index contributed by atoms with van der Waals surface area (Å²) in [6, 6.07) is 7.00. The number of benzene rings is 2. The van der Waals surface area contributed by atoms with Crippen molar-refractivity contribution in [2.24, 2.45) is 5.73 Å². The molecule has 1 saturated heterocycles. The summed E-state index contributed by atoms with van der Waals surface area (Å²) in [4.78, 5) is 27.3. The Morgan fingerprint density at radius 2 is 2.03 bits per heavy atom. The van der Waals surface area contributed by atoms with E-state index in [-0.39, 0.29) is 47.8 Å². The summed E-state index contributed by atoms with van der Waals surface area (Å²) < 4.78 is 39.4. The number of aryl methyl sites for hydroxylation is 1. The van der Waals surface area contributed by atoms with Crippen LogP contribution < -0.4 is 11.1 Å². The number of nitrogens with two attached hydrogens (primary N) is 1. The van der Waals surface area contributed by atoms with Crippen molar-refractivity contribution in [3.8, 4) is 22.5 Å². The first-order chi connectivity index (χ1) is 15.7. The third-order valence-electron chi connectivity index (χ3n) is 5.12. The number of amides is 2. The van der Waals surface area contributed by atoms with Crippen LogP contribution in [0.5, 0.6) is 0 Å². The zero-order chi connectivity index (χ0) is 23.7. The molecule has 0 unspecified atom stereocenters. The van der Waals surface area contributed by atoms with Crippen LogP contribution in [0.3, 0.4) is 0 Å². The molecule has 3 N–H and O–H groups in total.